The molecule has 208 valence electrons. The standard InChI is InChI=1S/C31H31ClN2O5S/c1-4-5-16-39-26-11-13-27(14-12-26)40(37,38)33-29(31(35)36)17-24-20-34(30-15-10-25(32)18-28(24)30)19-22-6-8-23(9-7-22)21(2)3/h6-15,18,20-21,29,33H,16-17,19H2,1-3H3,(H,35,36)/t29-/m0/s1. The number of aromatic nitrogens is 1. The number of carboxylic acid groups (broad SMARTS) is 1. The van der Waals surface area contributed by atoms with Gasteiger partial charge in [0.1, 0.15) is 18.4 Å². The zero-order valence-corrected chi connectivity index (χ0v) is 24.1. The molecule has 2 N–H and O–H groups in total. The molecule has 1 heterocycles. The van der Waals surface area contributed by atoms with Gasteiger partial charge in [-0.1, -0.05) is 55.6 Å². The summed E-state index contributed by atoms with van der Waals surface area (Å²) in [6, 6.07) is 18.2. The van der Waals surface area contributed by atoms with Gasteiger partial charge in [-0.25, -0.2) is 8.42 Å². The van der Waals surface area contributed by atoms with Crippen LogP contribution in [0.3, 0.4) is 0 Å². The van der Waals surface area contributed by atoms with E-state index in [0.29, 0.717) is 28.8 Å². The van der Waals surface area contributed by atoms with Crippen LogP contribution in [0.5, 0.6) is 5.75 Å². The molecule has 4 aromatic rings. The van der Waals surface area contributed by atoms with Crippen LogP contribution >= 0.6 is 11.6 Å². The number of aliphatic carboxylic acids is 1. The zero-order chi connectivity index (χ0) is 28.9. The molecule has 1 atom stereocenters. The second-order valence-corrected chi connectivity index (χ2v) is 11.9. The Morgan fingerprint density at radius 3 is 2.40 bits per heavy atom. The summed E-state index contributed by atoms with van der Waals surface area (Å²) in [4.78, 5) is 12.1. The van der Waals surface area contributed by atoms with Crippen molar-refractivity contribution < 1.29 is 23.1 Å². The Morgan fingerprint density at radius 1 is 1.07 bits per heavy atom. The molecule has 0 saturated carbocycles. The number of benzene rings is 3. The molecule has 0 spiro atoms. The van der Waals surface area contributed by atoms with Gasteiger partial charge < -0.3 is 14.4 Å². The topological polar surface area (TPSA) is 97.6 Å². The molecular weight excluding hydrogens is 548 g/mol. The van der Waals surface area contributed by atoms with Gasteiger partial charge in [-0.15, -0.1) is 5.92 Å². The summed E-state index contributed by atoms with van der Waals surface area (Å²) < 4.78 is 36.0. The van der Waals surface area contributed by atoms with E-state index in [0.717, 1.165) is 16.5 Å². The third-order valence-electron chi connectivity index (χ3n) is 6.57. The number of rotatable bonds is 11. The van der Waals surface area contributed by atoms with E-state index in [1.807, 2.05) is 16.8 Å². The highest BCUT2D eigenvalue weighted by molar-refractivity contribution is 7.89. The first-order valence-electron chi connectivity index (χ1n) is 12.8. The van der Waals surface area contributed by atoms with Gasteiger partial charge in [-0.05, 0) is 72.0 Å². The minimum atomic E-state index is -4.13. The molecule has 0 radical (unpaired) electrons. The maximum atomic E-state index is 13.1. The molecule has 0 bridgehead atoms. The van der Waals surface area contributed by atoms with Gasteiger partial charge in [0.15, 0.2) is 0 Å². The van der Waals surface area contributed by atoms with Crippen molar-refractivity contribution in [1.82, 2.24) is 9.29 Å². The molecule has 0 aliphatic heterocycles. The molecular formula is C31H31ClN2O5S. The summed E-state index contributed by atoms with van der Waals surface area (Å²) in [6.45, 7) is 6.74. The van der Waals surface area contributed by atoms with Crippen molar-refractivity contribution in [2.24, 2.45) is 0 Å². The normalized spacial score (nSPS) is 12.2. The summed E-state index contributed by atoms with van der Waals surface area (Å²) >= 11 is 6.29. The number of ether oxygens (including phenoxy) is 1. The Morgan fingerprint density at radius 2 is 1.77 bits per heavy atom. The lowest BCUT2D eigenvalue weighted by Crippen LogP contribution is -2.42. The van der Waals surface area contributed by atoms with Crippen molar-refractivity contribution in [2.75, 3.05) is 6.61 Å². The fourth-order valence-corrected chi connectivity index (χ4v) is 5.76. The number of fused-ring (bicyclic) bond motifs is 1. The van der Waals surface area contributed by atoms with Crippen molar-refractivity contribution in [3.05, 3.63) is 94.6 Å². The van der Waals surface area contributed by atoms with E-state index in [-0.39, 0.29) is 17.9 Å². The van der Waals surface area contributed by atoms with Crippen LogP contribution in [-0.4, -0.2) is 36.7 Å². The van der Waals surface area contributed by atoms with Crippen LogP contribution in [0.2, 0.25) is 5.02 Å². The molecule has 9 heteroatoms. The number of nitrogens with one attached hydrogen (secondary N) is 1. The van der Waals surface area contributed by atoms with E-state index in [4.69, 9.17) is 16.3 Å². The van der Waals surface area contributed by atoms with E-state index in [1.54, 1.807) is 19.1 Å². The molecule has 0 unspecified atom stereocenters. The first-order chi connectivity index (χ1) is 19.1. The van der Waals surface area contributed by atoms with Gasteiger partial charge >= 0.3 is 5.97 Å². The molecule has 0 amide bonds. The smallest absolute Gasteiger partial charge is 0.322 e. The van der Waals surface area contributed by atoms with Gasteiger partial charge in [0.25, 0.3) is 0 Å². The summed E-state index contributed by atoms with van der Waals surface area (Å²) in [6.07, 6.45) is 1.80. The second-order valence-electron chi connectivity index (χ2n) is 9.74. The number of hydrogen-bond donors (Lipinski definition) is 2. The van der Waals surface area contributed by atoms with Crippen LogP contribution in [0.1, 0.15) is 43.4 Å². The fourth-order valence-electron chi connectivity index (χ4n) is 4.40. The van der Waals surface area contributed by atoms with Gasteiger partial charge in [0.05, 0.1) is 4.90 Å². The maximum Gasteiger partial charge on any atom is 0.322 e. The molecule has 0 saturated heterocycles. The quantitative estimate of drug-likeness (QED) is 0.218. The predicted molar refractivity (Wildman–Crippen MR) is 157 cm³/mol. The lowest BCUT2D eigenvalue weighted by atomic mass is 10.0. The molecule has 40 heavy (non-hydrogen) atoms. The number of sulfonamides is 1. The SMILES string of the molecule is CC#CCOc1ccc(S(=O)(=O)N[C@@H](Cc2cn(Cc3ccc(C(C)C)cc3)c3ccc(Cl)cc23)C(=O)O)cc1. The van der Waals surface area contributed by atoms with Crippen LogP contribution < -0.4 is 9.46 Å². The van der Waals surface area contributed by atoms with Crippen molar-refractivity contribution in [1.29, 1.82) is 0 Å². The highest BCUT2D eigenvalue weighted by Crippen LogP contribution is 2.28. The van der Waals surface area contributed by atoms with Crippen molar-refractivity contribution in [3.63, 3.8) is 0 Å². The van der Waals surface area contributed by atoms with Crippen molar-refractivity contribution >= 4 is 38.5 Å². The monoisotopic (exact) mass is 578 g/mol. The van der Waals surface area contributed by atoms with Crippen LogP contribution in [0.4, 0.5) is 0 Å². The first-order valence-corrected chi connectivity index (χ1v) is 14.7. The summed E-state index contributed by atoms with van der Waals surface area (Å²) in [5, 5.41) is 11.2. The predicted octanol–water partition coefficient (Wildman–Crippen LogP) is 5.84. The average molecular weight is 579 g/mol. The number of carbonyl (C=O) groups is 1. The van der Waals surface area contributed by atoms with E-state index in [2.05, 4.69) is 54.7 Å². The molecule has 0 aliphatic rings. The Bertz CT molecular complexity index is 1670. The fraction of sp³-hybridized carbons (Fsp3) is 0.258. The zero-order valence-electron chi connectivity index (χ0n) is 22.5. The average Bonchev–Trinajstić information content (AvgIpc) is 3.24. The van der Waals surface area contributed by atoms with Gasteiger partial charge in [0.2, 0.25) is 10.0 Å². The van der Waals surface area contributed by atoms with Gasteiger partial charge in [-0.3, -0.25) is 4.79 Å². The number of hydrogen-bond acceptors (Lipinski definition) is 4. The lowest BCUT2D eigenvalue weighted by molar-refractivity contribution is -0.138. The minimum absolute atomic E-state index is 0.0667. The minimum Gasteiger partial charge on any atom is -0.481 e. The Hall–Kier alpha value is -3.77. The second kappa shape index (κ2) is 12.6. The van der Waals surface area contributed by atoms with E-state index in [1.165, 1.54) is 29.8 Å². The van der Waals surface area contributed by atoms with Crippen molar-refractivity contribution in [3.8, 4) is 17.6 Å². The van der Waals surface area contributed by atoms with Crippen LogP contribution in [-0.2, 0) is 27.8 Å². The van der Waals surface area contributed by atoms with Gasteiger partial charge in [0, 0.05) is 35.1 Å². The molecule has 0 aliphatic carbocycles. The van der Waals surface area contributed by atoms with Crippen LogP contribution in [0.25, 0.3) is 10.9 Å². The van der Waals surface area contributed by atoms with Crippen LogP contribution in [0.15, 0.2) is 77.8 Å². The molecule has 0 fully saturated rings. The molecule has 1 aromatic heterocycles. The van der Waals surface area contributed by atoms with E-state index < -0.39 is 22.0 Å². The van der Waals surface area contributed by atoms with E-state index >= 15 is 0 Å². The highest BCUT2D eigenvalue weighted by Gasteiger charge is 2.27. The summed E-state index contributed by atoms with van der Waals surface area (Å²) in [5.74, 6) is 5.08. The van der Waals surface area contributed by atoms with Gasteiger partial charge in [-0.2, -0.15) is 4.72 Å². The number of halogens is 1. The largest absolute Gasteiger partial charge is 0.481 e. The lowest BCUT2D eigenvalue weighted by Gasteiger charge is -2.15. The number of nitrogens with zero attached hydrogens (tertiary/aromatic N) is 1. The number of carboxylic acids is 1. The van der Waals surface area contributed by atoms with E-state index in [9.17, 15) is 18.3 Å². The summed E-state index contributed by atoms with van der Waals surface area (Å²) in [5.41, 5.74) is 3.89. The molecule has 3 aromatic carbocycles. The molecule has 4 rings (SSSR count). The van der Waals surface area contributed by atoms with Crippen LogP contribution in [0, 0.1) is 11.8 Å². The maximum absolute atomic E-state index is 13.1. The van der Waals surface area contributed by atoms with Crippen molar-refractivity contribution in [2.45, 2.75) is 50.6 Å². The third-order valence-corrected chi connectivity index (χ3v) is 8.29. The summed E-state index contributed by atoms with van der Waals surface area (Å²) in [7, 11) is -4.13. The highest BCUT2D eigenvalue weighted by atomic mass is 35.5. The third kappa shape index (κ3) is 7.05. The Labute approximate surface area is 239 Å². The molecule has 7 nitrogen and oxygen atoms in total. The first kappa shape index (κ1) is 29.2. The Balaban J connectivity index is 1.58. The Kier molecular flexibility index (Phi) is 9.21.